The second-order valence-electron chi connectivity index (χ2n) is 10.9. The van der Waals surface area contributed by atoms with Gasteiger partial charge in [0.25, 0.3) is 5.91 Å². The molecule has 0 saturated heterocycles. The molecule has 0 spiro atoms. The van der Waals surface area contributed by atoms with E-state index < -0.39 is 23.5 Å². The minimum absolute atomic E-state index is 0.0896. The molecule has 2 N–H and O–H groups in total. The van der Waals surface area contributed by atoms with Gasteiger partial charge in [-0.2, -0.15) is 0 Å². The quantitative estimate of drug-likeness (QED) is 0.349. The molecule has 202 valence electrons. The fourth-order valence-corrected chi connectivity index (χ4v) is 4.62. The van der Waals surface area contributed by atoms with Gasteiger partial charge in [-0.3, -0.25) is 14.4 Å². The molecule has 1 unspecified atom stereocenters. The van der Waals surface area contributed by atoms with E-state index in [1.165, 1.54) is 11.3 Å². The molecular formula is C28H33BrN4O4S. The van der Waals surface area contributed by atoms with E-state index in [9.17, 15) is 14.4 Å². The number of ether oxygens (including phenoxy) is 1. The highest BCUT2D eigenvalue weighted by atomic mass is 79.9. The summed E-state index contributed by atoms with van der Waals surface area (Å²) in [5.74, 6) is -0.796. The van der Waals surface area contributed by atoms with Crippen molar-refractivity contribution in [2.24, 2.45) is 0 Å². The van der Waals surface area contributed by atoms with Crippen molar-refractivity contribution in [3.63, 3.8) is 0 Å². The number of nitrogens with one attached hydrogen (secondary N) is 2. The van der Waals surface area contributed by atoms with Gasteiger partial charge in [-0.25, -0.2) is 9.97 Å². The molecule has 2 heterocycles. The Morgan fingerprint density at radius 2 is 1.61 bits per heavy atom. The molecule has 0 aliphatic carbocycles. The lowest BCUT2D eigenvalue weighted by molar-refractivity contribution is -0.154. The summed E-state index contributed by atoms with van der Waals surface area (Å²) in [7, 11) is 0. The first kappa shape index (κ1) is 29.4. The predicted molar refractivity (Wildman–Crippen MR) is 152 cm³/mol. The van der Waals surface area contributed by atoms with E-state index in [0.29, 0.717) is 10.7 Å². The van der Waals surface area contributed by atoms with Gasteiger partial charge in [-0.1, -0.05) is 45.0 Å². The van der Waals surface area contributed by atoms with Crippen LogP contribution >= 0.6 is 27.3 Å². The van der Waals surface area contributed by atoms with Crippen LogP contribution < -0.4 is 10.6 Å². The number of benzene rings is 1. The van der Waals surface area contributed by atoms with Gasteiger partial charge in [0, 0.05) is 29.3 Å². The smallest absolute Gasteiger partial charge is 0.325 e. The SMILES string of the molecule is CC(C)(C)OC(=O)CNC(=O)C(Cc1ccc(-c2ncc(Br)cn2)cc1)NC(=O)c1ccc(C(C)(C)C)s1. The molecule has 2 aromatic heterocycles. The highest BCUT2D eigenvalue weighted by Gasteiger charge is 2.25. The predicted octanol–water partition coefficient (Wildman–Crippen LogP) is 5.06. The Morgan fingerprint density at radius 3 is 2.16 bits per heavy atom. The monoisotopic (exact) mass is 600 g/mol. The number of rotatable bonds is 8. The fourth-order valence-electron chi connectivity index (χ4n) is 3.45. The Balaban J connectivity index is 1.76. The van der Waals surface area contributed by atoms with Crippen LogP contribution in [0.3, 0.4) is 0 Å². The summed E-state index contributed by atoms with van der Waals surface area (Å²) < 4.78 is 6.07. The number of hydrogen-bond donors (Lipinski definition) is 2. The first-order chi connectivity index (χ1) is 17.7. The molecule has 1 aromatic carbocycles. The van der Waals surface area contributed by atoms with Gasteiger partial charge < -0.3 is 15.4 Å². The maximum atomic E-state index is 13.1. The van der Waals surface area contributed by atoms with Crippen LogP contribution in [0.2, 0.25) is 0 Å². The second kappa shape index (κ2) is 12.2. The summed E-state index contributed by atoms with van der Waals surface area (Å²) in [5, 5.41) is 5.45. The van der Waals surface area contributed by atoms with Crippen molar-refractivity contribution in [1.82, 2.24) is 20.6 Å². The number of carbonyl (C=O) groups excluding carboxylic acids is 3. The second-order valence-corrected chi connectivity index (χ2v) is 12.9. The van der Waals surface area contributed by atoms with Crippen molar-refractivity contribution in [1.29, 1.82) is 0 Å². The van der Waals surface area contributed by atoms with E-state index in [0.717, 1.165) is 20.5 Å². The van der Waals surface area contributed by atoms with Crippen LogP contribution in [-0.4, -0.2) is 45.9 Å². The number of amides is 2. The van der Waals surface area contributed by atoms with E-state index >= 15 is 0 Å². The number of halogens is 1. The van der Waals surface area contributed by atoms with Crippen molar-refractivity contribution in [3.05, 3.63) is 68.6 Å². The zero-order valence-electron chi connectivity index (χ0n) is 22.4. The van der Waals surface area contributed by atoms with Crippen LogP contribution in [0.15, 0.2) is 53.3 Å². The van der Waals surface area contributed by atoms with Crippen molar-refractivity contribution in [2.75, 3.05) is 6.54 Å². The third kappa shape index (κ3) is 8.73. The zero-order valence-corrected chi connectivity index (χ0v) is 24.8. The van der Waals surface area contributed by atoms with E-state index in [-0.39, 0.29) is 24.3 Å². The molecule has 1 atom stereocenters. The number of thiophene rings is 1. The molecule has 0 bridgehead atoms. The Labute approximate surface area is 235 Å². The number of carbonyl (C=O) groups is 3. The highest BCUT2D eigenvalue weighted by Crippen LogP contribution is 2.29. The minimum atomic E-state index is -0.903. The summed E-state index contributed by atoms with van der Waals surface area (Å²) in [4.78, 5) is 48.5. The molecule has 0 aliphatic heterocycles. The van der Waals surface area contributed by atoms with E-state index in [1.54, 1.807) is 39.2 Å². The Kier molecular flexibility index (Phi) is 9.43. The van der Waals surface area contributed by atoms with E-state index in [1.807, 2.05) is 30.3 Å². The van der Waals surface area contributed by atoms with Gasteiger partial charge in [0.05, 0.1) is 9.35 Å². The first-order valence-electron chi connectivity index (χ1n) is 12.2. The number of esters is 1. The Bertz CT molecular complexity index is 1280. The van der Waals surface area contributed by atoms with E-state index in [2.05, 4.69) is 57.3 Å². The summed E-state index contributed by atoms with van der Waals surface area (Å²) >= 11 is 4.73. The molecule has 38 heavy (non-hydrogen) atoms. The molecular weight excluding hydrogens is 568 g/mol. The van der Waals surface area contributed by atoms with Crippen molar-refractivity contribution >= 4 is 45.1 Å². The van der Waals surface area contributed by atoms with E-state index in [4.69, 9.17) is 4.74 Å². The molecule has 3 aromatic rings. The fraction of sp³-hybridized carbons (Fsp3) is 0.393. The molecule has 0 saturated carbocycles. The van der Waals surface area contributed by atoms with Crippen LogP contribution in [0.25, 0.3) is 11.4 Å². The topological polar surface area (TPSA) is 110 Å². The van der Waals surface area contributed by atoms with Crippen LogP contribution in [0, 0.1) is 0 Å². The average Bonchev–Trinajstić information content (AvgIpc) is 3.33. The largest absolute Gasteiger partial charge is 0.459 e. The van der Waals surface area contributed by atoms with Crippen LogP contribution in [0.4, 0.5) is 0 Å². The van der Waals surface area contributed by atoms with Gasteiger partial charge >= 0.3 is 5.97 Å². The van der Waals surface area contributed by atoms with Crippen LogP contribution in [0.1, 0.15) is 61.7 Å². The lowest BCUT2D eigenvalue weighted by Crippen LogP contribution is -2.49. The maximum Gasteiger partial charge on any atom is 0.325 e. The third-order valence-corrected chi connectivity index (χ3v) is 7.21. The molecule has 3 rings (SSSR count). The Morgan fingerprint density at radius 1 is 0.974 bits per heavy atom. The molecule has 0 fully saturated rings. The number of hydrogen-bond acceptors (Lipinski definition) is 7. The highest BCUT2D eigenvalue weighted by molar-refractivity contribution is 9.10. The summed E-state index contributed by atoms with van der Waals surface area (Å²) in [6.07, 6.45) is 3.57. The summed E-state index contributed by atoms with van der Waals surface area (Å²) in [6.45, 7) is 11.2. The zero-order chi connectivity index (χ0) is 28.1. The maximum absolute atomic E-state index is 13.1. The molecule has 10 heteroatoms. The van der Waals surface area contributed by atoms with Crippen molar-refractivity contribution in [2.45, 2.75) is 65.0 Å². The summed E-state index contributed by atoms with van der Waals surface area (Å²) in [6, 6.07) is 10.3. The average molecular weight is 602 g/mol. The lowest BCUT2D eigenvalue weighted by Gasteiger charge is -2.21. The van der Waals surface area contributed by atoms with Gasteiger partial charge in [0.1, 0.15) is 18.2 Å². The van der Waals surface area contributed by atoms with Crippen molar-refractivity contribution < 1.29 is 19.1 Å². The first-order valence-corrected chi connectivity index (χ1v) is 13.8. The third-order valence-electron chi connectivity index (χ3n) is 5.29. The number of nitrogens with zero attached hydrogens (tertiary/aromatic N) is 2. The summed E-state index contributed by atoms with van der Waals surface area (Å²) in [5.41, 5.74) is 0.891. The van der Waals surface area contributed by atoms with Crippen LogP contribution in [0.5, 0.6) is 0 Å². The number of aromatic nitrogens is 2. The Hall–Kier alpha value is -3.11. The van der Waals surface area contributed by atoms with Gasteiger partial charge in [0.15, 0.2) is 5.82 Å². The van der Waals surface area contributed by atoms with Gasteiger partial charge in [-0.05, 0) is 59.8 Å². The molecule has 2 amide bonds. The van der Waals surface area contributed by atoms with Crippen LogP contribution in [-0.2, 0) is 26.2 Å². The molecule has 0 aliphatic rings. The molecule has 0 radical (unpaired) electrons. The van der Waals surface area contributed by atoms with Crippen molar-refractivity contribution in [3.8, 4) is 11.4 Å². The van der Waals surface area contributed by atoms with Gasteiger partial charge in [0.2, 0.25) is 5.91 Å². The normalized spacial score (nSPS) is 12.5. The standard InChI is InChI=1S/C28H33BrN4O4S/c1-27(2,3)22-12-11-21(38-22)26(36)33-20(25(35)32-16-23(34)37-28(4,5)6)13-17-7-9-18(10-8-17)24-30-14-19(29)15-31-24/h7-12,14-15,20H,13,16H2,1-6H3,(H,32,35)(H,33,36). The minimum Gasteiger partial charge on any atom is -0.459 e. The molecule has 8 nitrogen and oxygen atoms in total. The lowest BCUT2D eigenvalue weighted by atomic mass is 9.95. The van der Waals surface area contributed by atoms with Gasteiger partial charge in [-0.15, -0.1) is 11.3 Å².